The maximum absolute atomic E-state index is 6.01. The van der Waals surface area contributed by atoms with Crippen LogP contribution in [-0.4, -0.2) is 52.9 Å². The van der Waals surface area contributed by atoms with Crippen LogP contribution in [0.4, 0.5) is 11.4 Å². The van der Waals surface area contributed by atoms with Gasteiger partial charge in [0.2, 0.25) is 0 Å². The first-order valence-corrected chi connectivity index (χ1v) is 6.41. The Morgan fingerprint density at radius 2 is 1.58 bits per heavy atom. The van der Waals surface area contributed by atoms with Crippen LogP contribution in [-0.2, 0) is 0 Å². The van der Waals surface area contributed by atoms with Crippen molar-refractivity contribution in [2.45, 2.75) is 0 Å². The molecule has 0 aliphatic carbocycles. The van der Waals surface area contributed by atoms with Gasteiger partial charge in [0.25, 0.3) is 0 Å². The molecule has 3 rings (SSSR count). The molecule has 2 heterocycles. The van der Waals surface area contributed by atoms with E-state index in [2.05, 4.69) is 33.1 Å². The first kappa shape index (κ1) is 12.0. The van der Waals surface area contributed by atoms with Gasteiger partial charge in [-0.25, -0.2) is 0 Å². The SMILES string of the molecule is CN1CCN(c2cc(N)cc(-n3cnnc3)c2)CC1. The summed E-state index contributed by atoms with van der Waals surface area (Å²) in [5.41, 5.74) is 8.93. The van der Waals surface area contributed by atoms with Gasteiger partial charge in [-0.1, -0.05) is 0 Å². The third-order valence-electron chi connectivity index (χ3n) is 3.51. The van der Waals surface area contributed by atoms with Crippen molar-refractivity contribution >= 4 is 11.4 Å². The lowest BCUT2D eigenvalue weighted by molar-refractivity contribution is 0.313. The molecule has 1 fully saturated rings. The first-order chi connectivity index (χ1) is 9.22. The summed E-state index contributed by atoms with van der Waals surface area (Å²) in [7, 11) is 2.15. The molecule has 19 heavy (non-hydrogen) atoms. The van der Waals surface area contributed by atoms with Gasteiger partial charge in [-0.15, -0.1) is 10.2 Å². The number of likely N-dealkylation sites (N-methyl/N-ethyl adjacent to an activating group) is 1. The third kappa shape index (κ3) is 2.53. The van der Waals surface area contributed by atoms with Crippen LogP contribution in [0.2, 0.25) is 0 Å². The molecule has 6 heteroatoms. The molecule has 2 aromatic rings. The van der Waals surface area contributed by atoms with Crippen LogP contribution in [0.1, 0.15) is 0 Å². The largest absolute Gasteiger partial charge is 0.399 e. The normalized spacial score (nSPS) is 16.8. The fraction of sp³-hybridized carbons (Fsp3) is 0.385. The molecule has 100 valence electrons. The Morgan fingerprint density at radius 1 is 0.947 bits per heavy atom. The highest BCUT2D eigenvalue weighted by molar-refractivity contribution is 5.62. The van der Waals surface area contributed by atoms with Crippen LogP contribution < -0.4 is 10.6 Å². The summed E-state index contributed by atoms with van der Waals surface area (Å²) in [6, 6.07) is 6.09. The molecule has 0 unspecified atom stereocenters. The molecule has 6 nitrogen and oxygen atoms in total. The van der Waals surface area contributed by atoms with E-state index in [9.17, 15) is 0 Å². The molecule has 1 aliphatic heterocycles. The van der Waals surface area contributed by atoms with E-state index < -0.39 is 0 Å². The van der Waals surface area contributed by atoms with Crippen LogP contribution in [0.25, 0.3) is 5.69 Å². The van der Waals surface area contributed by atoms with Crippen molar-refractivity contribution in [3.63, 3.8) is 0 Å². The number of nitrogens with two attached hydrogens (primary N) is 1. The molecule has 0 atom stereocenters. The number of hydrogen-bond donors (Lipinski definition) is 1. The lowest BCUT2D eigenvalue weighted by Crippen LogP contribution is -2.44. The molecule has 1 saturated heterocycles. The number of benzene rings is 1. The average molecular weight is 258 g/mol. The quantitative estimate of drug-likeness (QED) is 0.799. The Morgan fingerprint density at radius 3 is 2.26 bits per heavy atom. The first-order valence-electron chi connectivity index (χ1n) is 6.41. The van der Waals surface area contributed by atoms with E-state index in [0.717, 1.165) is 43.2 Å². The van der Waals surface area contributed by atoms with Crippen LogP contribution in [0.15, 0.2) is 30.9 Å². The van der Waals surface area contributed by atoms with Crippen LogP contribution in [0.5, 0.6) is 0 Å². The lowest BCUT2D eigenvalue weighted by Gasteiger charge is -2.34. The molecule has 0 amide bonds. The van der Waals surface area contributed by atoms with Gasteiger partial charge in [0.05, 0.1) is 5.69 Å². The highest BCUT2D eigenvalue weighted by Crippen LogP contribution is 2.23. The van der Waals surface area contributed by atoms with Crippen LogP contribution >= 0.6 is 0 Å². The second-order valence-corrected chi connectivity index (χ2v) is 4.94. The molecular weight excluding hydrogens is 240 g/mol. The third-order valence-corrected chi connectivity index (χ3v) is 3.51. The molecular formula is C13H18N6. The van der Waals surface area contributed by atoms with Crippen molar-refractivity contribution in [1.82, 2.24) is 19.7 Å². The summed E-state index contributed by atoms with van der Waals surface area (Å²) >= 11 is 0. The van der Waals surface area contributed by atoms with Gasteiger partial charge < -0.3 is 15.5 Å². The van der Waals surface area contributed by atoms with Crippen molar-refractivity contribution in [2.75, 3.05) is 43.9 Å². The Labute approximate surface area is 112 Å². The lowest BCUT2D eigenvalue weighted by atomic mass is 10.2. The van der Waals surface area contributed by atoms with Gasteiger partial charge >= 0.3 is 0 Å². The zero-order valence-corrected chi connectivity index (χ0v) is 11.0. The molecule has 0 bridgehead atoms. The van der Waals surface area contributed by atoms with Crippen molar-refractivity contribution in [3.05, 3.63) is 30.9 Å². The summed E-state index contributed by atoms with van der Waals surface area (Å²) in [5, 5.41) is 7.66. The van der Waals surface area contributed by atoms with Crippen molar-refractivity contribution in [1.29, 1.82) is 0 Å². The Kier molecular flexibility index (Phi) is 3.08. The van der Waals surface area contributed by atoms with E-state index in [1.165, 1.54) is 0 Å². The fourth-order valence-corrected chi connectivity index (χ4v) is 2.35. The van der Waals surface area contributed by atoms with Crippen LogP contribution in [0, 0.1) is 0 Å². The van der Waals surface area contributed by atoms with Gasteiger partial charge in [-0.05, 0) is 25.2 Å². The highest BCUT2D eigenvalue weighted by atomic mass is 15.3. The maximum Gasteiger partial charge on any atom is 0.123 e. The molecule has 0 radical (unpaired) electrons. The second-order valence-electron chi connectivity index (χ2n) is 4.94. The molecule has 1 aromatic heterocycles. The van der Waals surface area contributed by atoms with Gasteiger partial charge in [-0.3, -0.25) is 4.57 Å². The smallest absolute Gasteiger partial charge is 0.123 e. The predicted octanol–water partition coefficient (Wildman–Crippen LogP) is 0.601. The van der Waals surface area contributed by atoms with Gasteiger partial charge in [0.1, 0.15) is 12.7 Å². The van der Waals surface area contributed by atoms with Gasteiger partial charge in [0, 0.05) is 37.6 Å². The molecule has 0 spiro atoms. The molecule has 0 saturated carbocycles. The topological polar surface area (TPSA) is 63.2 Å². The zero-order valence-electron chi connectivity index (χ0n) is 11.0. The standard InChI is InChI=1S/C13H18N6/c1-17-2-4-18(5-3-17)12-6-11(14)7-13(8-12)19-9-15-16-10-19/h6-10H,2-5,14H2,1H3. The maximum atomic E-state index is 6.01. The summed E-state index contributed by atoms with van der Waals surface area (Å²) in [6.07, 6.45) is 3.37. The van der Waals surface area contributed by atoms with E-state index >= 15 is 0 Å². The zero-order chi connectivity index (χ0) is 13.2. The Balaban J connectivity index is 1.90. The Hall–Kier alpha value is -2.08. The number of piperazine rings is 1. The average Bonchev–Trinajstić information content (AvgIpc) is 2.93. The minimum Gasteiger partial charge on any atom is -0.399 e. The number of hydrogen-bond acceptors (Lipinski definition) is 5. The number of nitrogens with zero attached hydrogens (tertiary/aromatic N) is 5. The van der Waals surface area contributed by atoms with Gasteiger partial charge in [0.15, 0.2) is 0 Å². The summed E-state index contributed by atoms with van der Waals surface area (Å²) in [5.74, 6) is 0. The van der Waals surface area contributed by atoms with Gasteiger partial charge in [-0.2, -0.15) is 0 Å². The second kappa shape index (κ2) is 4.89. The molecule has 1 aromatic carbocycles. The summed E-state index contributed by atoms with van der Waals surface area (Å²) < 4.78 is 1.87. The fourth-order valence-electron chi connectivity index (χ4n) is 2.35. The van der Waals surface area contributed by atoms with Crippen LogP contribution in [0.3, 0.4) is 0 Å². The number of anilines is 2. The van der Waals surface area contributed by atoms with Crippen molar-refractivity contribution in [2.24, 2.45) is 0 Å². The predicted molar refractivity (Wildman–Crippen MR) is 75.5 cm³/mol. The van der Waals surface area contributed by atoms with E-state index in [1.807, 2.05) is 16.7 Å². The summed E-state index contributed by atoms with van der Waals surface area (Å²) in [6.45, 7) is 4.22. The Bertz CT molecular complexity index is 542. The number of nitrogen functional groups attached to an aromatic ring is 1. The highest BCUT2D eigenvalue weighted by Gasteiger charge is 2.15. The van der Waals surface area contributed by atoms with Crippen molar-refractivity contribution < 1.29 is 0 Å². The minimum atomic E-state index is 0.764. The molecule has 1 aliphatic rings. The minimum absolute atomic E-state index is 0.764. The van der Waals surface area contributed by atoms with E-state index in [0.29, 0.717) is 0 Å². The number of aromatic nitrogens is 3. The molecule has 2 N–H and O–H groups in total. The van der Waals surface area contributed by atoms with E-state index in [4.69, 9.17) is 5.73 Å². The summed E-state index contributed by atoms with van der Waals surface area (Å²) in [4.78, 5) is 4.70. The monoisotopic (exact) mass is 258 g/mol. The van der Waals surface area contributed by atoms with Crippen molar-refractivity contribution in [3.8, 4) is 5.69 Å². The van der Waals surface area contributed by atoms with E-state index in [1.54, 1.807) is 12.7 Å². The number of rotatable bonds is 2. The van der Waals surface area contributed by atoms with E-state index in [-0.39, 0.29) is 0 Å².